The van der Waals surface area contributed by atoms with Gasteiger partial charge in [-0.2, -0.15) is 0 Å². The number of piperazine rings is 1. The molecule has 3 aromatic rings. The number of aliphatic imine (C=N–C) groups is 1. The Bertz CT molecular complexity index is 1170. The average Bonchev–Trinajstić information content (AvgIpc) is 3.21. The molecular formula is C28H32N4O. The number of benzene rings is 2. The molecule has 0 amide bonds. The van der Waals surface area contributed by atoms with Gasteiger partial charge in [0, 0.05) is 49.1 Å². The van der Waals surface area contributed by atoms with Crippen LogP contribution >= 0.6 is 0 Å². The smallest absolute Gasteiger partial charge is 0.115 e. The molecule has 0 aliphatic carbocycles. The fraction of sp³-hybridized carbons (Fsp3) is 0.357. The number of pyridine rings is 1. The van der Waals surface area contributed by atoms with Crippen LogP contribution in [0, 0.1) is 0 Å². The maximum Gasteiger partial charge on any atom is 0.115 e. The minimum atomic E-state index is 0.270. The highest BCUT2D eigenvalue weighted by molar-refractivity contribution is 6.03. The zero-order valence-corrected chi connectivity index (χ0v) is 19.7. The Kier molecular flexibility index (Phi) is 6.00. The molecule has 1 aromatic heterocycles. The van der Waals surface area contributed by atoms with Crippen LogP contribution in [-0.2, 0) is 13.1 Å². The van der Waals surface area contributed by atoms with Crippen molar-refractivity contribution in [3.63, 3.8) is 0 Å². The molecule has 1 unspecified atom stereocenters. The van der Waals surface area contributed by atoms with Crippen molar-refractivity contribution in [1.29, 1.82) is 0 Å². The number of nitrogens with zero attached hydrogens (tertiary/aromatic N) is 3. The third-order valence-electron chi connectivity index (χ3n) is 6.88. The zero-order chi connectivity index (χ0) is 22.9. The molecule has 33 heavy (non-hydrogen) atoms. The molecule has 0 saturated carbocycles. The molecule has 170 valence electrons. The summed E-state index contributed by atoms with van der Waals surface area (Å²) in [4.78, 5) is 12.2. The van der Waals surface area contributed by atoms with Crippen molar-refractivity contribution in [1.82, 2.24) is 15.2 Å². The van der Waals surface area contributed by atoms with Gasteiger partial charge in [0.2, 0.25) is 0 Å². The lowest BCUT2D eigenvalue weighted by Crippen LogP contribution is -2.45. The summed E-state index contributed by atoms with van der Waals surface area (Å²) in [5.74, 6) is 0.811. The van der Waals surface area contributed by atoms with Crippen molar-refractivity contribution in [2.75, 3.05) is 19.6 Å². The molecule has 0 bridgehead atoms. The highest BCUT2D eigenvalue weighted by Crippen LogP contribution is 2.32. The Morgan fingerprint density at radius 1 is 1.09 bits per heavy atom. The molecule has 5 heteroatoms. The molecule has 2 N–H and O–H groups in total. The van der Waals surface area contributed by atoms with Crippen molar-refractivity contribution in [3.8, 4) is 17.0 Å². The minimum Gasteiger partial charge on any atom is -0.508 e. The molecule has 2 aliphatic heterocycles. The van der Waals surface area contributed by atoms with Crippen LogP contribution in [0.1, 0.15) is 60.7 Å². The molecule has 2 aromatic carbocycles. The van der Waals surface area contributed by atoms with Gasteiger partial charge in [-0.25, -0.2) is 0 Å². The van der Waals surface area contributed by atoms with Crippen LogP contribution in [0.5, 0.6) is 5.75 Å². The van der Waals surface area contributed by atoms with Crippen LogP contribution in [0.3, 0.4) is 0 Å². The number of nitrogens with one attached hydrogen (secondary N) is 1. The number of rotatable bonds is 5. The maximum absolute atomic E-state index is 9.70. The Balaban J connectivity index is 1.49. The fourth-order valence-electron chi connectivity index (χ4n) is 4.98. The van der Waals surface area contributed by atoms with E-state index >= 15 is 0 Å². The van der Waals surface area contributed by atoms with Gasteiger partial charge in [0.15, 0.2) is 0 Å². The monoisotopic (exact) mass is 440 g/mol. The fourth-order valence-corrected chi connectivity index (χ4v) is 4.98. The quantitative estimate of drug-likeness (QED) is 0.583. The average molecular weight is 441 g/mol. The lowest BCUT2D eigenvalue weighted by molar-refractivity contribution is 0.153. The SMILES string of the molecule is CC1=NCc2nc(-c3ccc(O)cc3)cc(CN3CCNCC3c3ccc(C(C)C)cc3)c21. The molecule has 2 aliphatic rings. The van der Waals surface area contributed by atoms with Crippen molar-refractivity contribution in [3.05, 3.63) is 82.5 Å². The van der Waals surface area contributed by atoms with E-state index in [4.69, 9.17) is 9.98 Å². The van der Waals surface area contributed by atoms with Crippen LogP contribution in [0.4, 0.5) is 0 Å². The van der Waals surface area contributed by atoms with Gasteiger partial charge < -0.3 is 10.4 Å². The number of aromatic nitrogens is 1. The summed E-state index contributed by atoms with van der Waals surface area (Å²) in [6.45, 7) is 11.0. The molecule has 1 fully saturated rings. The van der Waals surface area contributed by atoms with E-state index < -0.39 is 0 Å². The molecule has 1 saturated heterocycles. The number of hydrogen-bond acceptors (Lipinski definition) is 5. The second-order valence-corrected chi connectivity index (χ2v) is 9.45. The van der Waals surface area contributed by atoms with Gasteiger partial charge >= 0.3 is 0 Å². The molecule has 5 rings (SSSR count). The highest BCUT2D eigenvalue weighted by Gasteiger charge is 2.27. The lowest BCUT2D eigenvalue weighted by atomic mass is 9.96. The predicted molar refractivity (Wildman–Crippen MR) is 134 cm³/mol. The van der Waals surface area contributed by atoms with Gasteiger partial charge in [-0.15, -0.1) is 0 Å². The summed E-state index contributed by atoms with van der Waals surface area (Å²) >= 11 is 0. The summed E-state index contributed by atoms with van der Waals surface area (Å²) in [5.41, 5.74) is 9.34. The molecular weight excluding hydrogens is 408 g/mol. The minimum absolute atomic E-state index is 0.270. The molecule has 5 nitrogen and oxygen atoms in total. The topological polar surface area (TPSA) is 60.8 Å². The Morgan fingerprint density at radius 3 is 2.58 bits per heavy atom. The summed E-state index contributed by atoms with van der Waals surface area (Å²) in [5, 5.41) is 13.3. The zero-order valence-electron chi connectivity index (χ0n) is 19.7. The normalized spacial score (nSPS) is 18.4. The molecule has 1 atom stereocenters. The largest absolute Gasteiger partial charge is 0.508 e. The van der Waals surface area contributed by atoms with Gasteiger partial charge in [0.25, 0.3) is 0 Å². The van der Waals surface area contributed by atoms with E-state index in [0.29, 0.717) is 18.5 Å². The number of phenols is 1. The number of phenolic OH excluding ortho intramolecular Hbond substituents is 1. The molecule has 0 radical (unpaired) electrons. The van der Waals surface area contributed by atoms with Crippen LogP contribution in [0.2, 0.25) is 0 Å². The first-order valence-corrected chi connectivity index (χ1v) is 11.9. The van der Waals surface area contributed by atoms with Gasteiger partial charge in [-0.3, -0.25) is 14.9 Å². The summed E-state index contributed by atoms with van der Waals surface area (Å²) in [6, 6.07) is 19.0. The Morgan fingerprint density at radius 2 is 1.85 bits per heavy atom. The third kappa shape index (κ3) is 4.43. The molecule has 0 spiro atoms. The van der Waals surface area contributed by atoms with E-state index in [2.05, 4.69) is 61.3 Å². The van der Waals surface area contributed by atoms with Gasteiger partial charge in [0.05, 0.1) is 17.9 Å². The van der Waals surface area contributed by atoms with Crippen LogP contribution in [-0.4, -0.2) is 40.3 Å². The number of fused-ring (bicyclic) bond motifs is 1. The van der Waals surface area contributed by atoms with Gasteiger partial charge in [0.1, 0.15) is 5.75 Å². The van der Waals surface area contributed by atoms with Crippen molar-refractivity contribution < 1.29 is 5.11 Å². The van der Waals surface area contributed by atoms with Crippen LogP contribution < -0.4 is 5.32 Å². The predicted octanol–water partition coefficient (Wildman–Crippen LogP) is 5.05. The number of aromatic hydroxyl groups is 1. The van der Waals surface area contributed by atoms with E-state index in [1.165, 1.54) is 22.3 Å². The van der Waals surface area contributed by atoms with E-state index in [1.807, 2.05) is 12.1 Å². The first kappa shape index (κ1) is 21.8. The van der Waals surface area contributed by atoms with Crippen molar-refractivity contribution in [2.24, 2.45) is 4.99 Å². The molecule has 3 heterocycles. The number of hydrogen-bond donors (Lipinski definition) is 2. The Labute approximate surface area is 196 Å². The van der Waals surface area contributed by atoms with Crippen LogP contribution in [0.15, 0.2) is 59.6 Å². The third-order valence-corrected chi connectivity index (χ3v) is 6.88. The second kappa shape index (κ2) is 9.08. The van der Waals surface area contributed by atoms with E-state index in [-0.39, 0.29) is 5.75 Å². The Hall–Kier alpha value is -3.02. The van der Waals surface area contributed by atoms with Gasteiger partial charge in [-0.05, 0) is 59.9 Å². The van der Waals surface area contributed by atoms with Crippen molar-refractivity contribution in [2.45, 2.75) is 45.8 Å². The maximum atomic E-state index is 9.70. The van der Waals surface area contributed by atoms with Crippen LogP contribution in [0.25, 0.3) is 11.3 Å². The van der Waals surface area contributed by atoms with E-state index in [9.17, 15) is 5.11 Å². The first-order valence-electron chi connectivity index (χ1n) is 11.9. The van der Waals surface area contributed by atoms with Gasteiger partial charge in [-0.1, -0.05) is 38.1 Å². The van der Waals surface area contributed by atoms with Crippen molar-refractivity contribution >= 4 is 5.71 Å². The summed E-state index contributed by atoms with van der Waals surface area (Å²) in [6.07, 6.45) is 0. The lowest BCUT2D eigenvalue weighted by Gasteiger charge is -2.37. The first-order chi connectivity index (χ1) is 16.0. The summed E-state index contributed by atoms with van der Waals surface area (Å²) < 4.78 is 0. The standard InChI is InChI=1S/C28H32N4O/c1-18(2)20-4-6-22(7-5-20)27-16-29-12-13-32(27)17-23-14-25(21-8-10-24(33)11-9-21)31-26-15-30-19(3)28(23)26/h4-11,14,18,27,29,33H,12-13,15-17H2,1-3H3. The second-order valence-electron chi connectivity index (χ2n) is 9.45. The summed E-state index contributed by atoms with van der Waals surface area (Å²) in [7, 11) is 0. The van der Waals surface area contributed by atoms with E-state index in [0.717, 1.165) is 48.8 Å². The highest BCUT2D eigenvalue weighted by atomic mass is 16.3. The van der Waals surface area contributed by atoms with E-state index in [1.54, 1.807) is 12.1 Å².